The van der Waals surface area contributed by atoms with Crippen molar-refractivity contribution >= 4 is 0 Å². The van der Waals surface area contributed by atoms with Gasteiger partial charge in [-0.05, 0) is 26.8 Å². The molecule has 0 fully saturated rings. The van der Waals surface area contributed by atoms with Crippen LogP contribution in [0.4, 0.5) is 0 Å². The monoisotopic (exact) mass is 289 g/mol. The molecule has 0 amide bonds. The topological polar surface area (TPSA) is 62.2 Å². The second-order valence-electron chi connectivity index (χ2n) is 5.59. The van der Waals surface area contributed by atoms with Crippen LogP contribution in [-0.4, -0.2) is 16.2 Å². The Balaban J connectivity index is 2.28. The summed E-state index contributed by atoms with van der Waals surface area (Å²) in [7, 11) is 1.63. The average molecular weight is 289 g/mol. The first-order valence-electron chi connectivity index (χ1n) is 7.11. The maximum Gasteiger partial charge on any atom is 0.328 e. The number of aromatic nitrogens is 2. The molecule has 2 rings (SSSR count). The van der Waals surface area contributed by atoms with Crippen molar-refractivity contribution in [1.29, 1.82) is 0 Å². The van der Waals surface area contributed by atoms with E-state index >= 15 is 0 Å². The van der Waals surface area contributed by atoms with E-state index in [1.54, 1.807) is 28.6 Å². The second kappa shape index (κ2) is 6.18. The van der Waals surface area contributed by atoms with E-state index in [2.05, 4.69) is 0 Å². The number of hydrogen-bond donors (Lipinski definition) is 1. The molecule has 0 aliphatic carbocycles. The number of methoxy groups -OCH3 is 1. The lowest BCUT2D eigenvalue weighted by Gasteiger charge is -2.16. The van der Waals surface area contributed by atoms with Gasteiger partial charge in [-0.3, -0.25) is 9.13 Å². The van der Waals surface area contributed by atoms with E-state index in [-0.39, 0.29) is 17.8 Å². The van der Waals surface area contributed by atoms with Crippen LogP contribution in [0.15, 0.2) is 35.4 Å². The SMILES string of the molecule is COc1ccc(C)cc1C(N)Cn1ccn(C(C)C)c1=O. The standard InChI is InChI=1S/C16H23N3O2/c1-11(2)19-8-7-18(16(19)20)10-14(17)13-9-12(3)5-6-15(13)21-4/h5-9,11,14H,10,17H2,1-4H3. The van der Waals surface area contributed by atoms with E-state index in [9.17, 15) is 4.79 Å². The fourth-order valence-electron chi connectivity index (χ4n) is 2.41. The van der Waals surface area contributed by atoms with Gasteiger partial charge in [0.1, 0.15) is 5.75 Å². The van der Waals surface area contributed by atoms with Gasteiger partial charge in [0.25, 0.3) is 0 Å². The van der Waals surface area contributed by atoms with Crippen molar-refractivity contribution in [2.45, 2.75) is 39.4 Å². The summed E-state index contributed by atoms with van der Waals surface area (Å²) in [5, 5.41) is 0. The molecule has 2 aromatic rings. The first kappa shape index (κ1) is 15.4. The molecule has 0 saturated carbocycles. The molecule has 5 nitrogen and oxygen atoms in total. The van der Waals surface area contributed by atoms with Crippen molar-refractivity contribution in [3.63, 3.8) is 0 Å². The maximum absolute atomic E-state index is 12.2. The maximum atomic E-state index is 12.2. The summed E-state index contributed by atoms with van der Waals surface area (Å²) in [6.45, 7) is 6.40. The lowest BCUT2D eigenvalue weighted by Crippen LogP contribution is -2.29. The number of nitrogens with two attached hydrogens (primary N) is 1. The highest BCUT2D eigenvalue weighted by atomic mass is 16.5. The summed E-state index contributed by atoms with van der Waals surface area (Å²) in [6.07, 6.45) is 3.58. The third kappa shape index (κ3) is 3.19. The van der Waals surface area contributed by atoms with Gasteiger partial charge < -0.3 is 10.5 Å². The second-order valence-corrected chi connectivity index (χ2v) is 5.59. The van der Waals surface area contributed by atoms with Gasteiger partial charge in [-0.15, -0.1) is 0 Å². The van der Waals surface area contributed by atoms with Gasteiger partial charge in [-0.25, -0.2) is 4.79 Å². The largest absolute Gasteiger partial charge is 0.496 e. The van der Waals surface area contributed by atoms with Gasteiger partial charge in [0.05, 0.1) is 13.2 Å². The molecule has 1 heterocycles. The molecule has 5 heteroatoms. The van der Waals surface area contributed by atoms with E-state index in [1.165, 1.54) is 0 Å². The van der Waals surface area contributed by atoms with E-state index < -0.39 is 0 Å². The lowest BCUT2D eigenvalue weighted by atomic mass is 10.0. The highest BCUT2D eigenvalue weighted by Crippen LogP contribution is 2.25. The number of benzene rings is 1. The van der Waals surface area contributed by atoms with Gasteiger partial charge in [-0.1, -0.05) is 17.7 Å². The number of imidazole rings is 1. The fourth-order valence-corrected chi connectivity index (χ4v) is 2.41. The molecule has 0 spiro atoms. The third-order valence-electron chi connectivity index (χ3n) is 3.61. The average Bonchev–Trinajstić information content (AvgIpc) is 2.80. The zero-order valence-electron chi connectivity index (χ0n) is 13.0. The van der Waals surface area contributed by atoms with Crippen molar-refractivity contribution in [2.75, 3.05) is 7.11 Å². The Labute approximate surface area is 125 Å². The molecule has 1 aromatic carbocycles. The van der Waals surface area contributed by atoms with Crippen molar-refractivity contribution < 1.29 is 4.74 Å². The molecule has 0 radical (unpaired) electrons. The van der Waals surface area contributed by atoms with Crippen LogP contribution in [0.1, 0.15) is 37.1 Å². The van der Waals surface area contributed by atoms with Crippen molar-refractivity contribution in [3.05, 3.63) is 52.2 Å². The molecule has 2 N–H and O–H groups in total. The molecule has 21 heavy (non-hydrogen) atoms. The van der Waals surface area contributed by atoms with Crippen LogP contribution >= 0.6 is 0 Å². The Bertz CT molecular complexity index is 670. The first-order valence-corrected chi connectivity index (χ1v) is 7.11. The molecule has 0 bridgehead atoms. The summed E-state index contributed by atoms with van der Waals surface area (Å²) in [4.78, 5) is 12.2. The zero-order chi connectivity index (χ0) is 15.6. The predicted octanol–water partition coefficient (Wildman–Crippen LogP) is 2.25. The minimum Gasteiger partial charge on any atom is -0.496 e. The Morgan fingerprint density at radius 2 is 2.00 bits per heavy atom. The lowest BCUT2D eigenvalue weighted by molar-refractivity contribution is 0.401. The molecular formula is C16H23N3O2. The van der Waals surface area contributed by atoms with Crippen LogP contribution in [-0.2, 0) is 6.54 Å². The first-order chi connectivity index (χ1) is 9.93. The fraction of sp³-hybridized carbons (Fsp3) is 0.438. The molecule has 0 aliphatic rings. The van der Waals surface area contributed by atoms with Gasteiger partial charge in [0.15, 0.2) is 0 Å². The molecule has 0 saturated heterocycles. The number of ether oxygens (including phenoxy) is 1. The summed E-state index contributed by atoms with van der Waals surface area (Å²) in [6, 6.07) is 5.75. The highest BCUT2D eigenvalue weighted by Gasteiger charge is 2.15. The number of rotatable bonds is 5. The van der Waals surface area contributed by atoms with Crippen LogP contribution in [0.5, 0.6) is 5.75 Å². The predicted molar refractivity (Wildman–Crippen MR) is 83.7 cm³/mol. The van der Waals surface area contributed by atoms with Crippen LogP contribution < -0.4 is 16.2 Å². The molecular weight excluding hydrogens is 266 g/mol. The van der Waals surface area contributed by atoms with E-state index in [4.69, 9.17) is 10.5 Å². The normalized spacial score (nSPS) is 12.7. The van der Waals surface area contributed by atoms with Gasteiger partial charge in [0.2, 0.25) is 0 Å². The molecule has 1 atom stereocenters. The minimum atomic E-state index is -0.291. The Morgan fingerprint density at radius 1 is 1.29 bits per heavy atom. The molecule has 1 unspecified atom stereocenters. The number of nitrogens with zero attached hydrogens (tertiary/aromatic N) is 2. The van der Waals surface area contributed by atoms with Crippen molar-refractivity contribution in [2.24, 2.45) is 5.73 Å². The summed E-state index contributed by atoms with van der Waals surface area (Å²) < 4.78 is 8.70. The Morgan fingerprint density at radius 3 is 2.57 bits per heavy atom. The van der Waals surface area contributed by atoms with Crippen LogP contribution in [0.2, 0.25) is 0 Å². The summed E-state index contributed by atoms with van der Waals surface area (Å²) in [5.74, 6) is 0.754. The quantitative estimate of drug-likeness (QED) is 0.918. The summed E-state index contributed by atoms with van der Waals surface area (Å²) >= 11 is 0. The van der Waals surface area contributed by atoms with Crippen LogP contribution in [0, 0.1) is 6.92 Å². The van der Waals surface area contributed by atoms with Gasteiger partial charge in [-0.2, -0.15) is 0 Å². The van der Waals surface area contributed by atoms with Crippen molar-refractivity contribution in [1.82, 2.24) is 9.13 Å². The van der Waals surface area contributed by atoms with Crippen LogP contribution in [0.3, 0.4) is 0 Å². The Hall–Kier alpha value is -2.01. The van der Waals surface area contributed by atoms with Crippen LogP contribution in [0.25, 0.3) is 0 Å². The molecule has 1 aromatic heterocycles. The van der Waals surface area contributed by atoms with E-state index in [1.807, 2.05) is 39.0 Å². The molecule has 114 valence electrons. The molecule has 0 aliphatic heterocycles. The van der Waals surface area contributed by atoms with Crippen molar-refractivity contribution in [3.8, 4) is 5.75 Å². The van der Waals surface area contributed by atoms with Gasteiger partial charge in [0, 0.05) is 30.5 Å². The van der Waals surface area contributed by atoms with E-state index in [0.717, 1.165) is 16.9 Å². The minimum absolute atomic E-state index is 0.0351. The number of hydrogen-bond acceptors (Lipinski definition) is 3. The summed E-state index contributed by atoms with van der Waals surface area (Å²) in [5.41, 5.74) is 8.28. The zero-order valence-corrected chi connectivity index (χ0v) is 13.0. The number of aryl methyl sites for hydroxylation is 1. The smallest absolute Gasteiger partial charge is 0.328 e. The Kier molecular flexibility index (Phi) is 4.53. The van der Waals surface area contributed by atoms with E-state index in [0.29, 0.717) is 6.54 Å². The highest BCUT2D eigenvalue weighted by molar-refractivity contribution is 5.38. The third-order valence-corrected chi connectivity index (χ3v) is 3.61. The van der Waals surface area contributed by atoms with Gasteiger partial charge >= 0.3 is 5.69 Å².